The summed E-state index contributed by atoms with van der Waals surface area (Å²) in [5.41, 5.74) is -1.18. The first kappa shape index (κ1) is 29.2. The molecule has 1 amide bonds. The second-order valence-corrected chi connectivity index (χ2v) is 9.73. The van der Waals surface area contributed by atoms with Crippen LogP contribution in [0.3, 0.4) is 0 Å². The van der Waals surface area contributed by atoms with Crippen molar-refractivity contribution in [2.24, 2.45) is 0 Å². The summed E-state index contributed by atoms with van der Waals surface area (Å²) in [7, 11) is 0. The molecule has 2 aliphatic rings. The van der Waals surface area contributed by atoms with Gasteiger partial charge in [0.05, 0.1) is 31.5 Å². The van der Waals surface area contributed by atoms with Crippen LogP contribution in [0.15, 0.2) is 48.5 Å². The van der Waals surface area contributed by atoms with E-state index in [0.717, 1.165) is 25.0 Å². The molecule has 39 heavy (non-hydrogen) atoms. The smallest absolute Gasteiger partial charge is 0.406 e. The molecule has 2 aromatic rings. The van der Waals surface area contributed by atoms with Gasteiger partial charge in [0.1, 0.15) is 17.7 Å². The third kappa shape index (κ3) is 7.89. The van der Waals surface area contributed by atoms with E-state index in [1.165, 1.54) is 30.3 Å². The van der Waals surface area contributed by atoms with Crippen molar-refractivity contribution in [1.82, 2.24) is 5.32 Å². The highest BCUT2D eigenvalue weighted by molar-refractivity contribution is 5.85. The number of rotatable bonds is 10. The van der Waals surface area contributed by atoms with Gasteiger partial charge in [-0.2, -0.15) is 0 Å². The Morgan fingerprint density at radius 2 is 1.90 bits per heavy atom. The molecule has 8 nitrogen and oxygen atoms in total. The number of aliphatic hydroxyl groups is 2. The van der Waals surface area contributed by atoms with E-state index in [2.05, 4.69) is 10.1 Å². The second-order valence-electron chi connectivity index (χ2n) is 9.73. The Kier molecular flexibility index (Phi) is 9.44. The average molecular weight is 558 g/mol. The first-order chi connectivity index (χ1) is 18.5. The minimum Gasteiger partial charge on any atom is -0.406 e. The van der Waals surface area contributed by atoms with Crippen LogP contribution in [0.25, 0.3) is 0 Å². The van der Waals surface area contributed by atoms with E-state index in [1.807, 2.05) is 0 Å². The lowest BCUT2D eigenvalue weighted by Gasteiger charge is -2.44. The van der Waals surface area contributed by atoms with Gasteiger partial charge >= 0.3 is 6.36 Å². The predicted molar refractivity (Wildman–Crippen MR) is 129 cm³/mol. The summed E-state index contributed by atoms with van der Waals surface area (Å²) in [6, 6.07) is 11.0. The lowest BCUT2D eigenvalue weighted by Crippen LogP contribution is -2.61. The summed E-state index contributed by atoms with van der Waals surface area (Å²) in [5, 5.41) is 24.1. The van der Waals surface area contributed by atoms with Gasteiger partial charge in [-0.3, -0.25) is 4.79 Å². The number of hydrogen-bond acceptors (Lipinski definition) is 7. The quantitative estimate of drug-likeness (QED) is 0.385. The number of hydrogen-bond donors (Lipinski definition) is 3. The molecule has 3 N–H and O–H groups in total. The van der Waals surface area contributed by atoms with Gasteiger partial charge in [-0.05, 0) is 36.6 Å². The first-order valence-electron chi connectivity index (χ1n) is 12.6. The van der Waals surface area contributed by atoms with E-state index in [4.69, 9.17) is 14.2 Å². The molecule has 1 saturated carbocycles. The van der Waals surface area contributed by atoms with Crippen molar-refractivity contribution in [3.8, 4) is 5.75 Å². The van der Waals surface area contributed by atoms with Crippen LogP contribution in [0.4, 0.5) is 17.6 Å². The molecule has 0 spiro atoms. The molecule has 1 saturated heterocycles. The Morgan fingerprint density at radius 3 is 2.62 bits per heavy atom. The van der Waals surface area contributed by atoms with Crippen molar-refractivity contribution >= 4 is 5.91 Å². The molecule has 2 fully saturated rings. The van der Waals surface area contributed by atoms with E-state index < -0.39 is 47.7 Å². The largest absolute Gasteiger partial charge is 0.573 e. The molecule has 0 radical (unpaired) electrons. The van der Waals surface area contributed by atoms with E-state index >= 15 is 0 Å². The number of aliphatic hydroxyl groups excluding tert-OH is 2. The summed E-state index contributed by atoms with van der Waals surface area (Å²) in [6.45, 7) is 0.266. The summed E-state index contributed by atoms with van der Waals surface area (Å²) in [6.07, 6.45) is -7.85. The summed E-state index contributed by atoms with van der Waals surface area (Å²) in [5.74, 6) is -1.55. The Labute approximate surface area is 222 Å². The Morgan fingerprint density at radius 1 is 1.10 bits per heavy atom. The third-order valence-electron chi connectivity index (χ3n) is 6.83. The van der Waals surface area contributed by atoms with E-state index in [1.54, 1.807) is 6.07 Å². The number of amides is 1. The molecule has 4 rings (SSSR count). The topological polar surface area (TPSA) is 106 Å². The van der Waals surface area contributed by atoms with Crippen molar-refractivity contribution in [3.05, 3.63) is 65.5 Å². The van der Waals surface area contributed by atoms with E-state index in [0.29, 0.717) is 12.2 Å². The maximum atomic E-state index is 14.3. The predicted octanol–water partition coefficient (Wildman–Crippen LogP) is 3.38. The van der Waals surface area contributed by atoms with E-state index in [-0.39, 0.29) is 44.3 Å². The monoisotopic (exact) mass is 557 g/mol. The van der Waals surface area contributed by atoms with E-state index in [9.17, 15) is 32.6 Å². The summed E-state index contributed by atoms with van der Waals surface area (Å²) < 4.78 is 73.3. The van der Waals surface area contributed by atoms with Gasteiger partial charge in [0.2, 0.25) is 0 Å². The first-order valence-corrected chi connectivity index (χ1v) is 12.6. The van der Waals surface area contributed by atoms with Crippen LogP contribution in [-0.4, -0.2) is 65.7 Å². The molecule has 1 aliphatic carbocycles. The summed E-state index contributed by atoms with van der Waals surface area (Å²) >= 11 is 0. The highest BCUT2D eigenvalue weighted by Gasteiger charge is 2.51. The van der Waals surface area contributed by atoms with Crippen molar-refractivity contribution < 1.29 is 51.5 Å². The fourth-order valence-corrected chi connectivity index (χ4v) is 4.80. The maximum absolute atomic E-state index is 14.3. The number of nitrogens with one attached hydrogen (secondary N) is 1. The molecule has 2 unspecified atom stereocenters. The van der Waals surface area contributed by atoms with Crippen LogP contribution < -0.4 is 10.1 Å². The van der Waals surface area contributed by atoms with Crippen molar-refractivity contribution in [3.63, 3.8) is 0 Å². The number of benzene rings is 2. The number of ether oxygens (including phenoxy) is 4. The van der Waals surface area contributed by atoms with Crippen LogP contribution in [-0.2, 0) is 32.2 Å². The van der Waals surface area contributed by atoms with Crippen molar-refractivity contribution in [2.45, 2.75) is 75.3 Å². The highest BCUT2D eigenvalue weighted by Crippen LogP contribution is 2.36. The van der Waals surface area contributed by atoms with Crippen LogP contribution in [0.1, 0.15) is 36.8 Å². The zero-order chi connectivity index (χ0) is 28.0. The third-order valence-corrected chi connectivity index (χ3v) is 6.83. The second kappa shape index (κ2) is 12.6. The molecule has 214 valence electrons. The maximum Gasteiger partial charge on any atom is 0.573 e. The van der Waals surface area contributed by atoms with Crippen LogP contribution in [0.5, 0.6) is 5.75 Å². The van der Waals surface area contributed by atoms with Gasteiger partial charge in [0, 0.05) is 31.6 Å². The van der Waals surface area contributed by atoms with Crippen LogP contribution in [0.2, 0.25) is 0 Å². The number of carbonyl (C=O) groups is 1. The van der Waals surface area contributed by atoms with Crippen LogP contribution >= 0.6 is 0 Å². The van der Waals surface area contributed by atoms with Gasteiger partial charge in [-0.25, -0.2) is 4.39 Å². The molecular weight excluding hydrogens is 526 g/mol. The van der Waals surface area contributed by atoms with Crippen molar-refractivity contribution in [2.75, 3.05) is 13.2 Å². The standard InChI is InChI=1S/C27H31F4NO7/c28-21-9-2-1-6-18(21)16-38-26(25(35)32-14-20-8-4-10-36-20)12-22(33)24(34)23(13-26)37-15-17-5-3-7-19(11-17)39-27(29,30)31/h1-3,5-7,9,11,20,22-24,33-34H,4,8,10,12-16H2,(H,32,35)/t20?,22-,23?,24-,26+/m1/s1. The summed E-state index contributed by atoms with van der Waals surface area (Å²) in [4.78, 5) is 13.5. The Balaban J connectivity index is 1.50. The molecule has 5 atom stereocenters. The van der Waals surface area contributed by atoms with Gasteiger partial charge in [0.25, 0.3) is 5.91 Å². The Hall–Kier alpha value is -2.77. The van der Waals surface area contributed by atoms with Gasteiger partial charge in [-0.1, -0.05) is 30.3 Å². The zero-order valence-electron chi connectivity index (χ0n) is 21.0. The number of halogens is 4. The Bertz CT molecular complexity index is 1110. The minimum absolute atomic E-state index is 0.171. The molecule has 1 heterocycles. The minimum atomic E-state index is -4.87. The molecule has 0 bridgehead atoms. The molecular formula is C27H31F4NO7. The number of carbonyl (C=O) groups excluding carboxylic acids is 1. The SMILES string of the molecule is O=C(NCC1CCCO1)[C@@]1(OCc2ccccc2F)CC(OCc2cccc(OC(F)(F)F)c2)[C@H](O)[C@H](O)C1. The van der Waals surface area contributed by atoms with Crippen LogP contribution in [0, 0.1) is 5.82 Å². The van der Waals surface area contributed by atoms with Gasteiger partial charge in [0.15, 0.2) is 5.60 Å². The fraction of sp³-hybridized carbons (Fsp3) is 0.519. The highest BCUT2D eigenvalue weighted by atomic mass is 19.4. The number of alkyl halides is 3. The van der Waals surface area contributed by atoms with Gasteiger partial charge < -0.3 is 34.5 Å². The lowest BCUT2D eigenvalue weighted by molar-refractivity contribution is -0.274. The van der Waals surface area contributed by atoms with Crippen molar-refractivity contribution in [1.29, 1.82) is 0 Å². The molecule has 1 aliphatic heterocycles. The molecule has 0 aromatic heterocycles. The average Bonchev–Trinajstić information content (AvgIpc) is 3.41. The zero-order valence-corrected chi connectivity index (χ0v) is 21.0. The molecule has 2 aromatic carbocycles. The van der Waals surface area contributed by atoms with Gasteiger partial charge in [-0.15, -0.1) is 13.2 Å². The molecule has 12 heteroatoms. The normalized spacial score (nSPS) is 27.3. The lowest BCUT2D eigenvalue weighted by atomic mass is 9.78. The fourth-order valence-electron chi connectivity index (χ4n) is 4.80.